The number of hydrogen-bond donors (Lipinski definition) is 2. The number of carbonyl (C=O) groups excluding carboxylic acids is 1. The average Bonchev–Trinajstić information content (AvgIpc) is 2.89. The summed E-state index contributed by atoms with van der Waals surface area (Å²) in [7, 11) is 0. The van der Waals surface area contributed by atoms with Gasteiger partial charge in [0.25, 0.3) is 5.91 Å². The van der Waals surface area contributed by atoms with Crippen LogP contribution in [0, 0.1) is 12.7 Å². The Morgan fingerprint density at radius 2 is 1.89 bits per heavy atom. The van der Waals surface area contributed by atoms with E-state index in [-0.39, 0.29) is 35.3 Å². The summed E-state index contributed by atoms with van der Waals surface area (Å²) in [5.41, 5.74) is 2.46. The lowest BCUT2D eigenvalue weighted by molar-refractivity contribution is -0.165. The van der Waals surface area contributed by atoms with Crippen LogP contribution in [0.25, 0.3) is 11.0 Å². The number of ether oxygens (including phenoxy) is 2. The molecule has 202 valence electrons. The summed E-state index contributed by atoms with van der Waals surface area (Å²) in [6.07, 6.45) is 6.47. The van der Waals surface area contributed by atoms with E-state index in [9.17, 15) is 9.18 Å². The number of nitrogens with one attached hydrogen (secondary N) is 2. The van der Waals surface area contributed by atoms with Gasteiger partial charge in [-0.3, -0.25) is 14.8 Å². The van der Waals surface area contributed by atoms with E-state index in [1.807, 2.05) is 31.2 Å². The third kappa shape index (κ3) is 4.83. The summed E-state index contributed by atoms with van der Waals surface area (Å²) in [5, 5.41) is 6.53. The van der Waals surface area contributed by atoms with Crippen LogP contribution in [-0.2, 0) is 22.5 Å². The van der Waals surface area contributed by atoms with Gasteiger partial charge in [0.15, 0.2) is 17.2 Å². The monoisotopic (exact) mass is 541 g/mol. The highest BCUT2D eigenvalue weighted by molar-refractivity contribution is 5.99. The average molecular weight is 542 g/mol. The summed E-state index contributed by atoms with van der Waals surface area (Å²) >= 11 is 0. The van der Waals surface area contributed by atoms with Crippen molar-refractivity contribution in [1.82, 2.24) is 20.3 Å². The minimum atomic E-state index is -0.910. The van der Waals surface area contributed by atoms with Gasteiger partial charge in [-0.15, -0.1) is 12.4 Å². The van der Waals surface area contributed by atoms with E-state index >= 15 is 0 Å². The smallest absolute Gasteiger partial charge is 0.269 e. The minimum absolute atomic E-state index is 0. The van der Waals surface area contributed by atoms with Crippen molar-refractivity contribution < 1.29 is 18.7 Å². The van der Waals surface area contributed by atoms with Gasteiger partial charge < -0.3 is 20.1 Å². The highest BCUT2D eigenvalue weighted by Gasteiger charge is 2.49. The molecule has 3 aromatic heterocycles. The zero-order valence-corrected chi connectivity index (χ0v) is 22.7. The normalized spacial score (nSPS) is 25.3. The molecule has 8 nitrogen and oxygen atoms in total. The molecule has 2 saturated heterocycles. The SMILES string of the molecule is Cc1ccc2ncc(F)c(CCC34CCC(NCc5ccc6c(n5)NC(=O)C(C)(C)O6)(CC3)CO4)c2n1.Cl. The topological polar surface area (TPSA) is 98.3 Å². The highest BCUT2D eigenvalue weighted by atomic mass is 35.5. The Balaban J connectivity index is 0.00000294. The van der Waals surface area contributed by atoms with E-state index in [0.29, 0.717) is 42.2 Å². The lowest BCUT2D eigenvalue weighted by Gasteiger charge is -2.53. The van der Waals surface area contributed by atoms with E-state index in [0.717, 1.165) is 49.0 Å². The number of anilines is 1. The van der Waals surface area contributed by atoms with Crippen LogP contribution < -0.4 is 15.4 Å². The minimum Gasteiger partial charge on any atom is -0.474 e. The molecule has 0 atom stereocenters. The third-order valence-corrected chi connectivity index (χ3v) is 8.21. The second-order valence-corrected chi connectivity index (χ2v) is 11.2. The second-order valence-electron chi connectivity index (χ2n) is 11.2. The predicted molar refractivity (Wildman–Crippen MR) is 144 cm³/mol. The van der Waals surface area contributed by atoms with Gasteiger partial charge in [-0.1, -0.05) is 0 Å². The van der Waals surface area contributed by atoms with E-state index in [1.165, 1.54) is 6.20 Å². The van der Waals surface area contributed by atoms with Crippen molar-refractivity contribution >= 4 is 35.2 Å². The molecule has 0 aromatic carbocycles. The first-order valence-electron chi connectivity index (χ1n) is 13.0. The van der Waals surface area contributed by atoms with Crippen molar-refractivity contribution in [3.8, 4) is 5.75 Å². The van der Waals surface area contributed by atoms with Crippen molar-refractivity contribution in [3.05, 3.63) is 53.2 Å². The maximum atomic E-state index is 14.7. The molecule has 1 amide bonds. The fraction of sp³-hybridized carbons (Fsp3) is 0.500. The first-order valence-corrected chi connectivity index (χ1v) is 13.0. The molecule has 0 radical (unpaired) electrons. The predicted octanol–water partition coefficient (Wildman–Crippen LogP) is 4.81. The molecule has 1 aliphatic carbocycles. The maximum Gasteiger partial charge on any atom is 0.269 e. The highest BCUT2D eigenvalue weighted by Crippen LogP contribution is 2.46. The number of halogens is 2. The summed E-state index contributed by atoms with van der Waals surface area (Å²) in [6, 6.07) is 7.59. The van der Waals surface area contributed by atoms with E-state index in [4.69, 9.17) is 9.47 Å². The number of nitrogens with zero attached hydrogens (tertiary/aromatic N) is 3. The van der Waals surface area contributed by atoms with E-state index in [1.54, 1.807) is 13.8 Å². The molecular formula is C28H33ClFN5O3. The standard InChI is InChI=1S/C28H32FN5O3.ClH/c1-17-4-6-21-23(32-17)19(20(29)15-30-21)8-9-28-12-10-27(11-13-28,16-36-28)31-14-18-5-7-22-24(33-18)34-25(35)26(2,3)37-22;/h4-7,15,31H,8-14,16H2,1-3H3,(H,33,34,35);1H. The van der Waals surface area contributed by atoms with Gasteiger partial charge in [-0.2, -0.15) is 0 Å². The lowest BCUT2D eigenvalue weighted by Crippen LogP contribution is -2.61. The van der Waals surface area contributed by atoms with Crippen molar-refractivity contribution in [2.45, 2.75) is 82.6 Å². The van der Waals surface area contributed by atoms with Crippen LogP contribution in [0.15, 0.2) is 30.5 Å². The van der Waals surface area contributed by atoms with E-state index < -0.39 is 5.60 Å². The molecule has 3 aromatic rings. The maximum absolute atomic E-state index is 14.7. The molecule has 10 heteroatoms. The summed E-state index contributed by atoms with van der Waals surface area (Å²) in [5.74, 6) is 0.543. The van der Waals surface area contributed by atoms with Gasteiger partial charge in [-0.25, -0.2) is 9.37 Å². The van der Waals surface area contributed by atoms with Crippen LogP contribution in [0.5, 0.6) is 5.75 Å². The number of aromatic nitrogens is 3. The van der Waals surface area contributed by atoms with Crippen LogP contribution in [0.4, 0.5) is 10.2 Å². The number of carbonyl (C=O) groups is 1. The fourth-order valence-electron chi connectivity index (χ4n) is 5.71. The zero-order valence-electron chi connectivity index (χ0n) is 21.9. The Bertz CT molecular complexity index is 1370. The van der Waals surface area contributed by atoms with Crippen LogP contribution in [0.3, 0.4) is 0 Å². The summed E-state index contributed by atoms with van der Waals surface area (Å²) in [6.45, 7) is 6.57. The Labute approximate surface area is 227 Å². The van der Waals surface area contributed by atoms with Gasteiger partial charge in [-0.05, 0) is 83.6 Å². The van der Waals surface area contributed by atoms with Gasteiger partial charge in [0, 0.05) is 23.3 Å². The third-order valence-electron chi connectivity index (χ3n) is 8.21. The summed E-state index contributed by atoms with van der Waals surface area (Å²) < 4.78 is 27.0. The largest absolute Gasteiger partial charge is 0.474 e. The lowest BCUT2D eigenvalue weighted by atomic mass is 9.69. The van der Waals surface area contributed by atoms with E-state index in [2.05, 4.69) is 25.6 Å². The molecule has 3 aliphatic heterocycles. The molecule has 0 spiro atoms. The van der Waals surface area contributed by atoms with Gasteiger partial charge in [0.05, 0.1) is 35.1 Å². The molecule has 38 heavy (non-hydrogen) atoms. The van der Waals surface area contributed by atoms with Gasteiger partial charge in [0.1, 0.15) is 5.82 Å². The van der Waals surface area contributed by atoms with Crippen molar-refractivity contribution in [1.29, 1.82) is 0 Å². The van der Waals surface area contributed by atoms with Crippen LogP contribution in [0.1, 0.15) is 62.9 Å². The van der Waals surface area contributed by atoms with Crippen LogP contribution >= 0.6 is 12.4 Å². The Kier molecular flexibility index (Phi) is 6.82. The number of hydrogen-bond acceptors (Lipinski definition) is 7. The number of rotatable bonds is 6. The number of fused-ring (bicyclic) bond motifs is 5. The molecule has 2 bridgehead atoms. The molecule has 7 rings (SSSR count). The van der Waals surface area contributed by atoms with Crippen molar-refractivity contribution in [2.75, 3.05) is 11.9 Å². The van der Waals surface area contributed by atoms with Gasteiger partial charge in [0.2, 0.25) is 0 Å². The second kappa shape index (κ2) is 9.70. The first-order chi connectivity index (χ1) is 17.7. The van der Waals surface area contributed by atoms with Crippen molar-refractivity contribution in [2.24, 2.45) is 0 Å². The molecular weight excluding hydrogens is 509 g/mol. The number of pyridine rings is 3. The molecule has 4 aliphatic rings. The Morgan fingerprint density at radius 3 is 2.63 bits per heavy atom. The zero-order chi connectivity index (χ0) is 25.8. The first kappa shape index (κ1) is 26.7. The Morgan fingerprint density at radius 1 is 1.11 bits per heavy atom. The Hall–Kier alpha value is -2.88. The molecule has 3 fully saturated rings. The quantitative estimate of drug-likeness (QED) is 0.462. The van der Waals surface area contributed by atoms with Gasteiger partial charge >= 0.3 is 0 Å². The fourth-order valence-corrected chi connectivity index (χ4v) is 5.71. The van der Waals surface area contributed by atoms with Crippen molar-refractivity contribution in [3.63, 3.8) is 0 Å². The number of aryl methyl sites for hydroxylation is 2. The summed E-state index contributed by atoms with van der Waals surface area (Å²) in [4.78, 5) is 25.6. The molecule has 1 saturated carbocycles. The van der Waals surface area contributed by atoms with Crippen LogP contribution in [0.2, 0.25) is 0 Å². The molecule has 0 unspecified atom stereocenters. The molecule has 6 heterocycles. The van der Waals surface area contributed by atoms with Crippen LogP contribution in [-0.4, -0.2) is 44.2 Å². The molecule has 2 N–H and O–H groups in total. The number of amides is 1.